The Kier molecular flexibility index (Phi) is 6.83. The minimum Gasteiger partial charge on any atom is -0.508 e. The van der Waals surface area contributed by atoms with E-state index >= 15 is 0 Å². The molecule has 34 heavy (non-hydrogen) atoms. The maximum absolute atomic E-state index is 12.2. The van der Waals surface area contributed by atoms with Crippen LogP contribution in [0.4, 0.5) is 10.5 Å². The Balaban J connectivity index is 1.29. The van der Waals surface area contributed by atoms with Crippen LogP contribution >= 0.6 is 0 Å². The second-order valence-electron chi connectivity index (χ2n) is 8.51. The molecule has 4 rings (SSSR count). The number of nitrogens with one attached hydrogen (secondary N) is 1. The average molecular weight is 454 g/mol. The van der Waals surface area contributed by atoms with Gasteiger partial charge in [0.2, 0.25) is 0 Å². The molecule has 0 unspecified atom stereocenters. The van der Waals surface area contributed by atoms with Gasteiger partial charge in [0.1, 0.15) is 23.9 Å². The molecule has 0 saturated heterocycles. The van der Waals surface area contributed by atoms with E-state index in [1.807, 2.05) is 91.0 Å². The summed E-state index contributed by atoms with van der Waals surface area (Å²) in [6, 6.07) is 31.9. The summed E-state index contributed by atoms with van der Waals surface area (Å²) in [6.45, 7) is 4.39. The van der Waals surface area contributed by atoms with Gasteiger partial charge < -0.3 is 14.6 Å². The Morgan fingerprint density at radius 3 is 1.94 bits per heavy atom. The van der Waals surface area contributed by atoms with Crippen LogP contribution in [0, 0.1) is 0 Å². The van der Waals surface area contributed by atoms with E-state index in [4.69, 9.17) is 9.47 Å². The second kappa shape index (κ2) is 10.1. The van der Waals surface area contributed by atoms with Crippen LogP contribution in [0.25, 0.3) is 0 Å². The molecule has 4 aromatic rings. The first-order chi connectivity index (χ1) is 16.4. The fraction of sp³-hybridized carbons (Fsp3) is 0.138. The van der Waals surface area contributed by atoms with Crippen LogP contribution < -0.4 is 10.1 Å². The van der Waals surface area contributed by atoms with Crippen LogP contribution in [0.15, 0.2) is 103 Å². The van der Waals surface area contributed by atoms with Crippen molar-refractivity contribution in [2.75, 3.05) is 5.32 Å². The first-order valence-electron chi connectivity index (χ1n) is 11.1. The molecule has 172 valence electrons. The lowest BCUT2D eigenvalue weighted by molar-refractivity contribution is 0.155. The first kappa shape index (κ1) is 22.9. The topological polar surface area (TPSA) is 67.8 Å². The van der Waals surface area contributed by atoms with Crippen molar-refractivity contribution in [2.45, 2.75) is 25.9 Å². The molecule has 0 atom stereocenters. The number of para-hydroxylation sites is 1. The number of rotatable bonds is 7. The normalized spacial score (nSPS) is 11.0. The van der Waals surface area contributed by atoms with E-state index in [0.29, 0.717) is 5.69 Å². The van der Waals surface area contributed by atoms with Gasteiger partial charge in [-0.05, 0) is 65.2 Å². The van der Waals surface area contributed by atoms with Crippen LogP contribution in [0.1, 0.15) is 30.5 Å². The van der Waals surface area contributed by atoms with E-state index in [9.17, 15) is 9.90 Å². The van der Waals surface area contributed by atoms with Crippen molar-refractivity contribution in [3.63, 3.8) is 0 Å². The van der Waals surface area contributed by atoms with Gasteiger partial charge in [-0.2, -0.15) is 0 Å². The van der Waals surface area contributed by atoms with Crippen LogP contribution in [-0.4, -0.2) is 11.2 Å². The highest BCUT2D eigenvalue weighted by atomic mass is 16.5. The molecular weight excluding hydrogens is 426 g/mol. The fourth-order valence-corrected chi connectivity index (χ4v) is 3.60. The lowest BCUT2D eigenvalue weighted by atomic mass is 9.78. The number of phenolic OH excluding ortho intramolecular Hbond substituents is 1. The third-order valence-corrected chi connectivity index (χ3v) is 5.71. The van der Waals surface area contributed by atoms with Gasteiger partial charge in [-0.25, -0.2) is 4.79 Å². The van der Waals surface area contributed by atoms with E-state index in [-0.39, 0.29) is 17.8 Å². The zero-order chi connectivity index (χ0) is 24.0. The molecule has 0 bridgehead atoms. The highest BCUT2D eigenvalue weighted by Gasteiger charge is 2.23. The number of hydrogen-bond donors (Lipinski definition) is 2. The van der Waals surface area contributed by atoms with E-state index in [1.165, 1.54) is 0 Å². The fourth-order valence-electron chi connectivity index (χ4n) is 3.60. The van der Waals surface area contributed by atoms with Crippen LogP contribution in [-0.2, 0) is 16.8 Å². The van der Waals surface area contributed by atoms with E-state index in [1.54, 1.807) is 12.1 Å². The molecule has 5 heteroatoms. The molecule has 0 saturated carbocycles. The highest BCUT2D eigenvalue weighted by molar-refractivity contribution is 5.84. The van der Waals surface area contributed by atoms with Gasteiger partial charge in [-0.15, -0.1) is 0 Å². The first-order valence-corrected chi connectivity index (χ1v) is 11.1. The number of hydrogen-bond acceptors (Lipinski definition) is 4. The summed E-state index contributed by atoms with van der Waals surface area (Å²) >= 11 is 0. The number of benzene rings is 4. The van der Waals surface area contributed by atoms with Crippen molar-refractivity contribution >= 4 is 11.8 Å². The van der Waals surface area contributed by atoms with Crippen molar-refractivity contribution in [2.24, 2.45) is 0 Å². The molecule has 0 fully saturated rings. The number of carbonyl (C=O) groups excluding carboxylic acids is 1. The maximum atomic E-state index is 12.2. The lowest BCUT2D eigenvalue weighted by Gasteiger charge is -2.26. The van der Waals surface area contributed by atoms with Crippen molar-refractivity contribution < 1.29 is 19.4 Å². The summed E-state index contributed by atoms with van der Waals surface area (Å²) in [4.78, 5) is 12.2. The molecule has 0 aliphatic rings. The van der Waals surface area contributed by atoms with E-state index in [2.05, 4.69) is 19.2 Å². The van der Waals surface area contributed by atoms with Gasteiger partial charge in [0.15, 0.2) is 0 Å². The smallest absolute Gasteiger partial charge is 0.411 e. The van der Waals surface area contributed by atoms with Crippen molar-refractivity contribution in [3.05, 3.63) is 120 Å². The Hall–Kier alpha value is -4.25. The monoisotopic (exact) mass is 453 g/mol. The summed E-state index contributed by atoms with van der Waals surface area (Å²) in [5, 5.41) is 12.3. The number of phenols is 1. The zero-order valence-corrected chi connectivity index (χ0v) is 19.2. The molecule has 0 aliphatic carbocycles. The van der Waals surface area contributed by atoms with Gasteiger partial charge >= 0.3 is 6.09 Å². The number of carbonyl (C=O) groups is 1. The summed E-state index contributed by atoms with van der Waals surface area (Å²) < 4.78 is 11.1. The van der Waals surface area contributed by atoms with Gasteiger partial charge in [0.05, 0.1) is 0 Å². The Labute approximate surface area is 199 Å². The van der Waals surface area contributed by atoms with E-state index < -0.39 is 6.09 Å². The van der Waals surface area contributed by atoms with Crippen molar-refractivity contribution in [3.8, 4) is 17.2 Å². The summed E-state index contributed by atoms with van der Waals surface area (Å²) in [5.74, 6) is 1.73. The minimum atomic E-state index is -0.518. The summed E-state index contributed by atoms with van der Waals surface area (Å²) in [5.41, 5.74) is 3.45. The second-order valence-corrected chi connectivity index (χ2v) is 8.51. The molecule has 1 amide bonds. The van der Waals surface area contributed by atoms with Crippen molar-refractivity contribution in [1.29, 1.82) is 0 Å². The lowest BCUT2D eigenvalue weighted by Crippen LogP contribution is -2.19. The predicted molar refractivity (Wildman–Crippen MR) is 133 cm³/mol. The molecule has 0 spiro atoms. The molecule has 0 aliphatic heterocycles. The Morgan fingerprint density at radius 1 is 0.765 bits per heavy atom. The molecule has 0 heterocycles. The molecule has 5 nitrogen and oxygen atoms in total. The van der Waals surface area contributed by atoms with Gasteiger partial charge in [-0.1, -0.05) is 68.4 Å². The van der Waals surface area contributed by atoms with Gasteiger partial charge in [-0.3, -0.25) is 5.32 Å². The van der Waals surface area contributed by atoms with E-state index in [0.717, 1.165) is 28.2 Å². The molecule has 0 radical (unpaired) electrons. The van der Waals surface area contributed by atoms with Crippen LogP contribution in [0.2, 0.25) is 0 Å². The predicted octanol–water partition coefficient (Wildman–Crippen LogP) is 7.26. The minimum absolute atomic E-state index is 0.156. The average Bonchev–Trinajstić information content (AvgIpc) is 2.85. The SMILES string of the molecule is CC(C)(c1ccc(O)cc1)c1ccc(NC(=O)OCc2ccc(Oc3ccccc3)cc2)cc1. The number of anilines is 1. The standard InChI is InChI=1S/C29H27NO4/c1-29(2,23-12-16-25(31)17-13-23)22-10-14-24(15-11-22)30-28(32)33-20-21-8-18-27(19-9-21)34-26-6-4-3-5-7-26/h3-19,31H,20H2,1-2H3,(H,30,32). The van der Waals surface area contributed by atoms with Crippen LogP contribution in [0.5, 0.6) is 17.2 Å². The maximum Gasteiger partial charge on any atom is 0.411 e. The number of aromatic hydroxyl groups is 1. The Bertz CT molecular complexity index is 1220. The molecular formula is C29H27NO4. The quantitative estimate of drug-likeness (QED) is 0.309. The summed E-state index contributed by atoms with van der Waals surface area (Å²) in [7, 11) is 0. The highest BCUT2D eigenvalue weighted by Crippen LogP contribution is 2.33. The number of ether oxygens (including phenoxy) is 2. The third-order valence-electron chi connectivity index (χ3n) is 5.71. The largest absolute Gasteiger partial charge is 0.508 e. The van der Waals surface area contributed by atoms with Crippen LogP contribution in [0.3, 0.4) is 0 Å². The van der Waals surface area contributed by atoms with Gasteiger partial charge in [0, 0.05) is 11.1 Å². The Morgan fingerprint density at radius 2 is 1.32 bits per heavy atom. The van der Waals surface area contributed by atoms with Gasteiger partial charge in [0.25, 0.3) is 0 Å². The zero-order valence-electron chi connectivity index (χ0n) is 19.2. The number of amides is 1. The molecule has 0 aromatic heterocycles. The summed E-state index contributed by atoms with van der Waals surface area (Å²) in [6.07, 6.45) is -0.518. The molecule has 2 N–H and O–H groups in total. The third kappa shape index (κ3) is 5.75. The molecule has 4 aromatic carbocycles. The van der Waals surface area contributed by atoms with Crippen molar-refractivity contribution in [1.82, 2.24) is 0 Å².